The Kier molecular flexibility index (Phi) is 6.57. The third-order valence-corrected chi connectivity index (χ3v) is 3.45. The van der Waals surface area contributed by atoms with Crippen LogP contribution in [0.2, 0.25) is 0 Å². The maximum absolute atomic E-state index is 12.5. The lowest BCUT2D eigenvalue weighted by atomic mass is 10.1. The third-order valence-electron chi connectivity index (χ3n) is 3.45. The van der Waals surface area contributed by atoms with E-state index in [1.807, 2.05) is 13.0 Å². The second-order valence-corrected chi connectivity index (χ2v) is 6.09. The van der Waals surface area contributed by atoms with Crippen molar-refractivity contribution in [2.45, 2.75) is 20.8 Å². The summed E-state index contributed by atoms with van der Waals surface area (Å²) in [5, 5.41) is 5.57. The van der Waals surface area contributed by atoms with E-state index in [4.69, 9.17) is 4.74 Å². The molecular formula is C20H24N2O3. The third kappa shape index (κ3) is 5.35. The highest BCUT2D eigenvalue weighted by molar-refractivity contribution is 6.06. The molecule has 5 heteroatoms. The first kappa shape index (κ1) is 18.5. The Morgan fingerprint density at radius 2 is 1.68 bits per heavy atom. The number of benzene rings is 2. The zero-order valence-corrected chi connectivity index (χ0v) is 14.8. The summed E-state index contributed by atoms with van der Waals surface area (Å²) in [6.45, 7) is 7.10. The van der Waals surface area contributed by atoms with Gasteiger partial charge in [-0.15, -0.1) is 0 Å². The molecule has 5 nitrogen and oxygen atoms in total. The first-order valence-electron chi connectivity index (χ1n) is 8.42. The Bertz CT molecular complexity index is 724. The number of carbonyl (C=O) groups is 2. The molecule has 0 fully saturated rings. The number of ether oxygens (including phenoxy) is 1. The normalized spacial score (nSPS) is 10.4. The van der Waals surface area contributed by atoms with Gasteiger partial charge in [-0.25, -0.2) is 0 Å². The van der Waals surface area contributed by atoms with Crippen LogP contribution in [-0.2, 0) is 0 Å². The van der Waals surface area contributed by atoms with E-state index in [0.717, 1.165) is 0 Å². The summed E-state index contributed by atoms with van der Waals surface area (Å²) in [6.07, 6.45) is 0. The number of para-hydroxylation sites is 1. The van der Waals surface area contributed by atoms with E-state index in [0.29, 0.717) is 41.6 Å². The fraction of sp³-hybridized carbons (Fsp3) is 0.300. The quantitative estimate of drug-likeness (QED) is 0.807. The molecule has 0 bridgehead atoms. The van der Waals surface area contributed by atoms with Crippen molar-refractivity contribution >= 4 is 17.5 Å². The number of carbonyl (C=O) groups excluding carboxylic acids is 2. The van der Waals surface area contributed by atoms with Crippen LogP contribution in [0, 0.1) is 5.92 Å². The molecule has 0 aliphatic carbocycles. The van der Waals surface area contributed by atoms with Crippen molar-refractivity contribution in [2.24, 2.45) is 5.92 Å². The number of anilines is 1. The summed E-state index contributed by atoms with van der Waals surface area (Å²) in [6, 6.07) is 13.9. The number of nitrogens with one attached hydrogen (secondary N) is 2. The van der Waals surface area contributed by atoms with Crippen molar-refractivity contribution in [1.29, 1.82) is 0 Å². The highest BCUT2D eigenvalue weighted by Crippen LogP contribution is 2.20. The maximum atomic E-state index is 12.5. The number of hydrogen-bond donors (Lipinski definition) is 2. The summed E-state index contributed by atoms with van der Waals surface area (Å²) in [4.78, 5) is 24.3. The van der Waals surface area contributed by atoms with E-state index in [9.17, 15) is 9.59 Å². The Morgan fingerprint density at radius 3 is 2.32 bits per heavy atom. The van der Waals surface area contributed by atoms with Crippen LogP contribution in [0.3, 0.4) is 0 Å². The smallest absolute Gasteiger partial charge is 0.259 e. The van der Waals surface area contributed by atoms with Crippen LogP contribution in [0.4, 0.5) is 5.69 Å². The van der Waals surface area contributed by atoms with Crippen LogP contribution < -0.4 is 15.4 Å². The van der Waals surface area contributed by atoms with Crippen molar-refractivity contribution in [3.8, 4) is 5.75 Å². The van der Waals surface area contributed by atoms with Gasteiger partial charge in [0.1, 0.15) is 5.75 Å². The van der Waals surface area contributed by atoms with Crippen molar-refractivity contribution in [3.05, 3.63) is 59.7 Å². The fourth-order valence-corrected chi connectivity index (χ4v) is 2.20. The predicted molar refractivity (Wildman–Crippen MR) is 99.2 cm³/mol. The highest BCUT2D eigenvalue weighted by atomic mass is 16.5. The number of amides is 2. The van der Waals surface area contributed by atoms with E-state index in [-0.39, 0.29) is 11.8 Å². The van der Waals surface area contributed by atoms with Crippen LogP contribution in [0.1, 0.15) is 41.5 Å². The van der Waals surface area contributed by atoms with Gasteiger partial charge in [0.05, 0.1) is 12.2 Å². The molecule has 0 radical (unpaired) electrons. The molecule has 2 N–H and O–H groups in total. The van der Waals surface area contributed by atoms with Crippen molar-refractivity contribution in [1.82, 2.24) is 5.32 Å². The van der Waals surface area contributed by atoms with Gasteiger partial charge in [0, 0.05) is 17.8 Å². The Balaban J connectivity index is 2.08. The zero-order chi connectivity index (χ0) is 18.2. The SMILES string of the molecule is CCNC(=O)c1ccc(NC(=O)c2ccccc2OCC(C)C)cc1. The average Bonchev–Trinajstić information content (AvgIpc) is 2.61. The van der Waals surface area contributed by atoms with Crippen LogP contribution in [0.25, 0.3) is 0 Å². The van der Waals surface area contributed by atoms with E-state index < -0.39 is 0 Å². The molecule has 2 rings (SSSR count). The highest BCUT2D eigenvalue weighted by Gasteiger charge is 2.13. The van der Waals surface area contributed by atoms with Crippen LogP contribution in [-0.4, -0.2) is 25.0 Å². The Morgan fingerprint density at radius 1 is 1.00 bits per heavy atom. The van der Waals surface area contributed by atoms with Gasteiger partial charge in [-0.05, 0) is 49.2 Å². The summed E-state index contributed by atoms with van der Waals surface area (Å²) in [7, 11) is 0. The molecule has 2 aromatic carbocycles. The van der Waals surface area contributed by atoms with Crippen LogP contribution in [0.5, 0.6) is 5.75 Å². The van der Waals surface area contributed by atoms with Crippen molar-refractivity contribution in [3.63, 3.8) is 0 Å². The second-order valence-electron chi connectivity index (χ2n) is 6.09. The first-order valence-corrected chi connectivity index (χ1v) is 8.42. The van der Waals surface area contributed by atoms with Gasteiger partial charge in [-0.2, -0.15) is 0 Å². The van der Waals surface area contributed by atoms with Crippen LogP contribution >= 0.6 is 0 Å². The molecule has 0 saturated carbocycles. The van der Waals surface area contributed by atoms with Gasteiger partial charge in [0.25, 0.3) is 11.8 Å². The molecule has 132 valence electrons. The molecule has 0 spiro atoms. The topological polar surface area (TPSA) is 67.4 Å². The van der Waals surface area contributed by atoms with Gasteiger partial charge < -0.3 is 15.4 Å². The summed E-state index contributed by atoms with van der Waals surface area (Å²) in [5.74, 6) is 0.559. The molecule has 0 aliphatic heterocycles. The Labute approximate surface area is 148 Å². The molecule has 2 aromatic rings. The molecule has 0 atom stereocenters. The minimum atomic E-state index is -0.245. The lowest BCUT2D eigenvalue weighted by Crippen LogP contribution is -2.22. The molecule has 25 heavy (non-hydrogen) atoms. The van der Waals surface area contributed by atoms with E-state index >= 15 is 0 Å². The van der Waals surface area contributed by atoms with Gasteiger partial charge in [-0.3, -0.25) is 9.59 Å². The minimum Gasteiger partial charge on any atom is -0.492 e. The van der Waals surface area contributed by atoms with E-state index in [2.05, 4.69) is 24.5 Å². The summed E-state index contributed by atoms with van der Waals surface area (Å²) >= 11 is 0. The number of rotatable bonds is 7. The number of hydrogen-bond acceptors (Lipinski definition) is 3. The van der Waals surface area contributed by atoms with Gasteiger partial charge >= 0.3 is 0 Å². The van der Waals surface area contributed by atoms with Gasteiger partial charge in [0.2, 0.25) is 0 Å². The van der Waals surface area contributed by atoms with E-state index in [1.54, 1.807) is 42.5 Å². The van der Waals surface area contributed by atoms with Crippen molar-refractivity contribution < 1.29 is 14.3 Å². The standard InChI is InChI=1S/C20H24N2O3/c1-4-21-19(23)15-9-11-16(12-10-15)22-20(24)17-7-5-6-8-18(17)25-13-14(2)3/h5-12,14H,4,13H2,1-3H3,(H,21,23)(H,22,24). The molecule has 2 amide bonds. The minimum absolute atomic E-state index is 0.132. The lowest BCUT2D eigenvalue weighted by molar-refractivity contribution is 0.0955. The fourth-order valence-electron chi connectivity index (χ4n) is 2.20. The average molecular weight is 340 g/mol. The predicted octanol–water partition coefficient (Wildman–Crippen LogP) is 3.72. The zero-order valence-electron chi connectivity index (χ0n) is 14.8. The largest absolute Gasteiger partial charge is 0.492 e. The molecule has 0 heterocycles. The van der Waals surface area contributed by atoms with Gasteiger partial charge in [-0.1, -0.05) is 26.0 Å². The lowest BCUT2D eigenvalue weighted by Gasteiger charge is -2.13. The molecular weight excluding hydrogens is 316 g/mol. The van der Waals surface area contributed by atoms with E-state index in [1.165, 1.54) is 0 Å². The summed E-state index contributed by atoms with van der Waals surface area (Å²) in [5.41, 5.74) is 1.66. The Hall–Kier alpha value is -2.82. The monoisotopic (exact) mass is 340 g/mol. The van der Waals surface area contributed by atoms with Crippen LogP contribution in [0.15, 0.2) is 48.5 Å². The molecule has 0 unspecified atom stereocenters. The first-order chi connectivity index (χ1) is 12.0. The molecule has 0 aromatic heterocycles. The maximum Gasteiger partial charge on any atom is 0.259 e. The summed E-state index contributed by atoms with van der Waals surface area (Å²) < 4.78 is 5.72. The van der Waals surface area contributed by atoms with Gasteiger partial charge in [0.15, 0.2) is 0 Å². The van der Waals surface area contributed by atoms with Crippen molar-refractivity contribution in [2.75, 3.05) is 18.5 Å². The molecule has 0 saturated heterocycles. The molecule has 0 aliphatic rings. The second kappa shape index (κ2) is 8.87.